The van der Waals surface area contributed by atoms with Gasteiger partial charge in [-0.25, -0.2) is 4.79 Å². The van der Waals surface area contributed by atoms with Crippen molar-refractivity contribution in [2.75, 3.05) is 18.6 Å². The van der Waals surface area contributed by atoms with Crippen molar-refractivity contribution < 1.29 is 34.5 Å². The second-order valence-corrected chi connectivity index (χ2v) is 9.58. The Kier molecular flexibility index (Phi) is 13.1. The Balaban J connectivity index is 3.08. The molecule has 4 atom stereocenters. The third-order valence-electron chi connectivity index (χ3n) is 5.11. The van der Waals surface area contributed by atoms with E-state index in [1.54, 1.807) is 12.1 Å². The molecule has 0 saturated heterocycles. The van der Waals surface area contributed by atoms with Gasteiger partial charge in [-0.2, -0.15) is 11.8 Å². The zero-order valence-corrected chi connectivity index (χ0v) is 21.0. The van der Waals surface area contributed by atoms with Gasteiger partial charge in [0.05, 0.1) is 12.6 Å². The topological polar surface area (TPSA) is 191 Å². The van der Waals surface area contributed by atoms with Gasteiger partial charge in [-0.3, -0.25) is 14.4 Å². The lowest BCUT2D eigenvalue weighted by Gasteiger charge is -2.25. The van der Waals surface area contributed by atoms with Crippen molar-refractivity contribution in [3.63, 3.8) is 0 Å². The lowest BCUT2D eigenvalue weighted by Crippen LogP contribution is -2.58. The number of hydrogen-bond acceptors (Lipinski definition) is 8. The first-order valence-corrected chi connectivity index (χ1v) is 12.6. The number of phenolic OH excluding ortho intramolecular Hbond substituents is 1. The van der Waals surface area contributed by atoms with Gasteiger partial charge < -0.3 is 37.0 Å². The maximum absolute atomic E-state index is 13.1. The largest absolute Gasteiger partial charge is 0.508 e. The van der Waals surface area contributed by atoms with Gasteiger partial charge in [0, 0.05) is 6.42 Å². The molecule has 4 unspecified atom stereocenters. The minimum atomic E-state index is -1.55. The number of nitrogens with one attached hydrogen (secondary N) is 3. The van der Waals surface area contributed by atoms with Crippen LogP contribution in [0.15, 0.2) is 24.3 Å². The quantitative estimate of drug-likeness (QED) is 0.164. The molecule has 0 saturated carbocycles. The second kappa shape index (κ2) is 15.2. The van der Waals surface area contributed by atoms with E-state index >= 15 is 0 Å². The summed E-state index contributed by atoms with van der Waals surface area (Å²) in [5, 5.41) is 35.4. The number of nitrogens with two attached hydrogens (primary N) is 1. The number of hydrogen-bond donors (Lipinski definition) is 7. The average Bonchev–Trinajstić information content (AvgIpc) is 2.79. The van der Waals surface area contributed by atoms with Crippen molar-refractivity contribution in [3.8, 4) is 5.75 Å². The minimum absolute atomic E-state index is 0.0163. The number of rotatable bonds is 15. The molecular weight excluding hydrogens is 476 g/mol. The molecule has 1 aromatic rings. The second-order valence-electron chi connectivity index (χ2n) is 8.59. The van der Waals surface area contributed by atoms with Crippen LogP contribution < -0.4 is 21.7 Å². The first kappa shape index (κ1) is 30.2. The lowest BCUT2D eigenvalue weighted by molar-refractivity contribution is -0.143. The lowest BCUT2D eigenvalue weighted by atomic mass is 10.0. The molecular formula is C23H36N4O7S. The molecule has 0 aliphatic rings. The first-order chi connectivity index (χ1) is 16.5. The molecule has 3 amide bonds. The zero-order chi connectivity index (χ0) is 26.5. The highest BCUT2D eigenvalue weighted by Crippen LogP contribution is 2.12. The number of aliphatic hydroxyl groups excluding tert-OH is 1. The number of carboxylic acid groups (broad SMARTS) is 1. The van der Waals surface area contributed by atoms with Gasteiger partial charge in [0.25, 0.3) is 0 Å². The Labute approximate surface area is 209 Å². The van der Waals surface area contributed by atoms with Crippen LogP contribution in [-0.4, -0.2) is 81.8 Å². The number of phenols is 1. The van der Waals surface area contributed by atoms with E-state index in [0.29, 0.717) is 17.7 Å². The number of benzene rings is 1. The predicted octanol–water partition coefficient (Wildman–Crippen LogP) is -0.407. The van der Waals surface area contributed by atoms with Crippen molar-refractivity contribution in [3.05, 3.63) is 29.8 Å². The van der Waals surface area contributed by atoms with Crippen molar-refractivity contribution in [2.24, 2.45) is 11.7 Å². The maximum Gasteiger partial charge on any atom is 0.328 e. The monoisotopic (exact) mass is 512 g/mol. The van der Waals surface area contributed by atoms with Gasteiger partial charge >= 0.3 is 5.97 Å². The normalized spacial score (nSPS) is 14.5. The SMILES string of the molecule is CSCCC(NC(=O)C(N)CC(C)C)C(=O)NC(Cc1ccc(O)cc1)C(=O)NC(CO)C(=O)O. The number of amides is 3. The van der Waals surface area contributed by atoms with E-state index in [1.807, 2.05) is 20.1 Å². The van der Waals surface area contributed by atoms with E-state index in [2.05, 4.69) is 16.0 Å². The fourth-order valence-corrected chi connectivity index (χ4v) is 3.68. The molecule has 0 aromatic heterocycles. The molecule has 0 heterocycles. The van der Waals surface area contributed by atoms with Crippen molar-refractivity contribution in [1.82, 2.24) is 16.0 Å². The predicted molar refractivity (Wildman–Crippen MR) is 133 cm³/mol. The van der Waals surface area contributed by atoms with E-state index in [4.69, 9.17) is 10.8 Å². The number of aliphatic carboxylic acids is 1. The van der Waals surface area contributed by atoms with E-state index in [1.165, 1.54) is 23.9 Å². The molecule has 0 bridgehead atoms. The van der Waals surface area contributed by atoms with Crippen molar-refractivity contribution in [1.29, 1.82) is 0 Å². The molecule has 196 valence electrons. The Morgan fingerprint density at radius 2 is 1.49 bits per heavy atom. The van der Waals surface area contributed by atoms with Gasteiger partial charge in [0.1, 0.15) is 23.9 Å². The Morgan fingerprint density at radius 1 is 0.943 bits per heavy atom. The van der Waals surface area contributed by atoms with Crippen LogP contribution in [0.3, 0.4) is 0 Å². The number of carbonyl (C=O) groups excluding carboxylic acids is 3. The van der Waals surface area contributed by atoms with E-state index in [0.717, 1.165) is 0 Å². The van der Waals surface area contributed by atoms with E-state index < -0.39 is 54.5 Å². The van der Waals surface area contributed by atoms with Gasteiger partial charge in [-0.05, 0) is 48.5 Å². The molecule has 0 aliphatic carbocycles. The summed E-state index contributed by atoms with van der Waals surface area (Å²) in [4.78, 5) is 49.7. The van der Waals surface area contributed by atoms with E-state index in [-0.39, 0.29) is 24.5 Å². The van der Waals surface area contributed by atoms with Gasteiger partial charge in [0.2, 0.25) is 17.7 Å². The molecule has 1 rings (SSSR count). The highest BCUT2D eigenvalue weighted by Gasteiger charge is 2.30. The number of carbonyl (C=O) groups is 4. The smallest absolute Gasteiger partial charge is 0.328 e. The summed E-state index contributed by atoms with van der Waals surface area (Å²) in [6.07, 6.45) is 2.55. The van der Waals surface area contributed by atoms with Gasteiger partial charge in [-0.15, -0.1) is 0 Å². The number of aliphatic hydroxyl groups is 1. The molecule has 35 heavy (non-hydrogen) atoms. The molecule has 0 spiro atoms. The molecule has 12 heteroatoms. The zero-order valence-electron chi connectivity index (χ0n) is 20.2. The standard InChI is InChI=1S/C23H36N4O7S/c1-13(2)10-16(24)20(30)25-17(8-9-35-3)21(31)26-18(11-14-4-6-15(29)7-5-14)22(32)27-19(12-28)23(33)34/h4-7,13,16-19,28-29H,8-12,24H2,1-3H3,(H,25,30)(H,26,31)(H,27,32)(H,33,34). The average molecular weight is 513 g/mol. The summed E-state index contributed by atoms with van der Waals surface area (Å²) in [7, 11) is 0. The molecule has 11 nitrogen and oxygen atoms in total. The van der Waals surface area contributed by atoms with Crippen LogP contribution in [0.5, 0.6) is 5.75 Å². The molecule has 8 N–H and O–H groups in total. The summed E-state index contributed by atoms with van der Waals surface area (Å²) in [5.74, 6) is -2.61. The highest BCUT2D eigenvalue weighted by atomic mass is 32.2. The molecule has 1 aromatic carbocycles. The summed E-state index contributed by atoms with van der Waals surface area (Å²) in [6.45, 7) is 3.02. The summed E-state index contributed by atoms with van der Waals surface area (Å²) in [5.41, 5.74) is 6.53. The van der Waals surface area contributed by atoms with Crippen LogP contribution in [0.25, 0.3) is 0 Å². The molecule has 0 radical (unpaired) electrons. The van der Waals surface area contributed by atoms with Crippen LogP contribution in [0.2, 0.25) is 0 Å². The number of aromatic hydroxyl groups is 1. The molecule has 0 aliphatic heterocycles. The van der Waals surface area contributed by atoms with Gasteiger partial charge in [0.15, 0.2) is 0 Å². The fourth-order valence-electron chi connectivity index (χ4n) is 3.21. The Bertz CT molecular complexity index is 851. The van der Waals surface area contributed by atoms with Crippen LogP contribution in [-0.2, 0) is 25.6 Å². The number of carboxylic acids is 1. The Hall–Kier alpha value is -2.83. The molecule has 0 fully saturated rings. The van der Waals surface area contributed by atoms with Crippen molar-refractivity contribution >= 4 is 35.5 Å². The van der Waals surface area contributed by atoms with Crippen LogP contribution in [0.1, 0.15) is 32.3 Å². The van der Waals surface area contributed by atoms with E-state index in [9.17, 15) is 29.4 Å². The van der Waals surface area contributed by atoms with Crippen LogP contribution in [0, 0.1) is 5.92 Å². The summed E-state index contributed by atoms with van der Waals surface area (Å²) in [6, 6.07) is 1.42. The number of thioether (sulfide) groups is 1. The third kappa shape index (κ3) is 11.0. The highest BCUT2D eigenvalue weighted by molar-refractivity contribution is 7.98. The van der Waals surface area contributed by atoms with Crippen molar-refractivity contribution in [2.45, 2.75) is 57.3 Å². The minimum Gasteiger partial charge on any atom is -0.508 e. The Morgan fingerprint density at radius 3 is 2.00 bits per heavy atom. The van der Waals surface area contributed by atoms with Crippen LogP contribution >= 0.6 is 11.8 Å². The first-order valence-electron chi connectivity index (χ1n) is 11.3. The summed E-state index contributed by atoms with van der Waals surface area (Å²) < 4.78 is 0. The van der Waals surface area contributed by atoms with Gasteiger partial charge in [-0.1, -0.05) is 26.0 Å². The van der Waals surface area contributed by atoms with Crippen LogP contribution in [0.4, 0.5) is 0 Å². The fraction of sp³-hybridized carbons (Fsp3) is 0.565. The third-order valence-corrected chi connectivity index (χ3v) is 5.76. The maximum atomic E-state index is 13.1. The summed E-state index contributed by atoms with van der Waals surface area (Å²) >= 11 is 1.48.